The normalized spacial score (nSPS) is 54.1. The average Bonchev–Trinajstić information content (AvgIpc) is 3.08. The summed E-state index contributed by atoms with van der Waals surface area (Å²) < 4.78 is 0. The largest absolute Gasteiger partial charge is 0.396 e. The Hall–Kier alpha value is -0.710. The number of aliphatic hydroxyl groups is 3. The van der Waals surface area contributed by atoms with E-state index in [1.165, 1.54) is 5.57 Å². The van der Waals surface area contributed by atoms with Gasteiger partial charge < -0.3 is 15.3 Å². The highest BCUT2D eigenvalue weighted by molar-refractivity contribution is 5.85. The third-order valence-electron chi connectivity index (χ3n) is 13.0. The number of Topliss-reactive ketones (excluding diaryl/α,β-unsaturated/α-hetero) is 1. The second-order valence-electron chi connectivity index (χ2n) is 14.6. The minimum Gasteiger partial charge on any atom is -0.396 e. The van der Waals surface area contributed by atoms with Gasteiger partial charge in [-0.05, 0) is 78.4 Å². The van der Waals surface area contributed by atoms with Crippen molar-refractivity contribution in [1.82, 2.24) is 0 Å². The first-order valence-corrected chi connectivity index (χ1v) is 13.9. The van der Waals surface area contributed by atoms with Gasteiger partial charge in [-0.25, -0.2) is 0 Å². The first-order chi connectivity index (χ1) is 15.7. The fourth-order valence-corrected chi connectivity index (χ4v) is 11.0. The van der Waals surface area contributed by atoms with Crippen molar-refractivity contribution in [2.45, 2.75) is 106 Å². The van der Waals surface area contributed by atoms with Crippen LogP contribution in [0.15, 0.2) is 11.6 Å². The smallest absolute Gasteiger partial charge is 0.138 e. The summed E-state index contributed by atoms with van der Waals surface area (Å²) >= 11 is 0. The number of carbonyl (C=O) groups is 1. The van der Waals surface area contributed by atoms with Gasteiger partial charge in [0, 0.05) is 29.8 Å². The number of hydrogen-bond acceptors (Lipinski definition) is 4. The van der Waals surface area contributed by atoms with Gasteiger partial charge in [-0.3, -0.25) is 4.79 Å². The van der Waals surface area contributed by atoms with E-state index in [9.17, 15) is 20.1 Å². The molecule has 0 aromatic rings. The van der Waals surface area contributed by atoms with Crippen molar-refractivity contribution in [3.63, 3.8) is 0 Å². The first kappa shape index (κ1) is 25.0. The van der Waals surface area contributed by atoms with Crippen molar-refractivity contribution in [1.29, 1.82) is 0 Å². The van der Waals surface area contributed by atoms with E-state index in [4.69, 9.17) is 0 Å². The number of rotatable bonds is 2. The van der Waals surface area contributed by atoms with Crippen LogP contribution in [0, 0.1) is 56.7 Å². The van der Waals surface area contributed by atoms with Gasteiger partial charge in [-0.1, -0.05) is 60.1 Å². The summed E-state index contributed by atoms with van der Waals surface area (Å²) in [5, 5.41) is 34.2. The molecule has 0 saturated heterocycles. The molecule has 34 heavy (non-hydrogen) atoms. The minimum atomic E-state index is -0.472. The molecular formula is C30H48O4. The van der Waals surface area contributed by atoms with E-state index in [0.717, 1.165) is 32.1 Å². The van der Waals surface area contributed by atoms with E-state index < -0.39 is 17.6 Å². The van der Waals surface area contributed by atoms with E-state index in [-0.39, 0.29) is 46.0 Å². The van der Waals surface area contributed by atoms with E-state index in [1.807, 2.05) is 0 Å². The lowest BCUT2D eigenvalue weighted by Gasteiger charge is -2.69. The van der Waals surface area contributed by atoms with Crippen molar-refractivity contribution in [3.05, 3.63) is 11.6 Å². The van der Waals surface area contributed by atoms with Gasteiger partial charge in [0.15, 0.2) is 0 Å². The lowest BCUT2D eigenvalue weighted by Crippen LogP contribution is -2.66. The third kappa shape index (κ3) is 2.74. The summed E-state index contributed by atoms with van der Waals surface area (Å²) in [4.78, 5) is 12.9. The van der Waals surface area contributed by atoms with Crippen LogP contribution in [-0.2, 0) is 4.79 Å². The number of aliphatic hydroxyl groups excluding tert-OH is 3. The van der Waals surface area contributed by atoms with Crippen molar-refractivity contribution >= 4 is 5.78 Å². The molecule has 4 heteroatoms. The van der Waals surface area contributed by atoms with Gasteiger partial charge in [0.2, 0.25) is 0 Å². The predicted octanol–water partition coefficient (Wildman–Crippen LogP) is 5.15. The molecule has 5 aliphatic carbocycles. The Labute approximate surface area is 206 Å². The van der Waals surface area contributed by atoms with Crippen LogP contribution in [0.3, 0.4) is 0 Å². The predicted molar refractivity (Wildman–Crippen MR) is 134 cm³/mol. The molecule has 0 aromatic carbocycles. The maximum absolute atomic E-state index is 12.9. The van der Waals surface area contributed by atoms with Crippen LogP contribution in [-0.4, -0.2) is 39.9 Å². The van der Waals surface area contributed by atoms with E-state index in [1.54, 1.807) is 0 Å². The number of allylic oxidation sites excluding steroid dienone is 1. The Balaban J connectivity index is 1.63. The van der Waals surface area contributed by atoms with Gasteiger partial charge in [-0.15, -0.1) is 0 Å². The standard InChI is InChI=1S/C30H48O4/c1-17(2)19-14-21(33)25-29(7)11-8-18-24(28(29,6)12-13-30(19,25)16-31)20(32)15-22-26(3,4)23(34)9-10-27(18,22)5/h8,17,19-22,24-25,31-33H,9-16H2,1-7H3/t19-,20-,21+,22+,24-,25+,27+,28-,29+,30+/m0/s1. The highest BCUT2D eigenvalue weighted by atomic mass is 16.3. The monoisotopic (exact) mass is 472 g/mol. The molecule has 0 unspecified atom stereocenters. The zero-order chi connectivity index (χ0) is 25.1. The Kier molecular flexibility index (Phi) is 5.44. The Morgan fingerprint density at radius 1 is 0.971 bits per heavy atom. The lowest BCUT2D eigenvalue weighted by atomic mass is 9.35. The Bertz CT molecular complexity index is 905. The van der Waals surface area contributed by atoms with Gasteiger partial charge >= 0.3 is 0 Å². The maximum atomic E-state index is 12.9. The SMILES string of the molecule is CC(C)[C@@H]1C[C@@H](O)[C@H]2[C@@]1(CO)CC[C@@]1(C)[C@H]3C(=CC[C@]21C)[C@@]1(C)CCC(=O)C(C)(C)[C@H]1C[C@@H]3O. The molecule has 4 fully saturated rings. The summed E-state index contributed by atoms with van der Waals surface area (Å²) in [5.74, 6) is 1.35. The van der Waals surface area contributed by atoms with Crippen molar-refractivity contribution in [2.75, 3.05) is 6.61 Å². The van der Waals surface area contributed by atoms with E-state index >= 15 is 0 Å². The molecule has 0 amide bonds. The number of fused-ring (bicyclic) bond motifs is 7. The molecule has 0 aliphatic heterocycles. The number of hydrogen-bond donors (Lipinski definition) is 3. The molecule has 0 radical (unpaired) electrons. The first-order valence-electron chi connectivity index (χ1n) is 13.9. The van der Waals surface area contributed by atoms with Gasteiger partial charge in [0.05, 0.1) is 12.2 Å². The van der Waals surface area contributed by atoms with E-state index in [2.05, 4.69) is 54.5 Å². The molecule has 10 atom stereocenters. The van der Waals surface area contributed by atoms with Crippen molar-refractivity contribution in [3.8, 4) is 0 Å². The second-order valence-corrected chi connectivity index (χ2v) is 14.6. The van der Waals surface area contributed by atoms with Gasteiger partial charge in [-0.2, -0.15) is 0 Å². The van der Waals surface area contributed by atoms with Crippen molar-refractivity contribution in [2.24, 2.45) is 56.7 Å². The molecule has 5 aliphatic rings. The van der Waals surface area contributed by atoms with Crippen LogP contribution in [0.4, 0.5) is 0 Å². The second kappa shape index (κ2) is 7.42. The van der Waals surface area contributed by atoms with Crippen LogP contribution >= 0.6 is 0 Å². The molecule has 192 valence electrons. The molecule has 3 N–H and O–H groups in total. The third-order valence-corrected chi connectivity index (χ3v) is 13.0. The zero-order valence-corrected chi connectivity index (χ0v) is 22.5. The average molecular weight is 473 g/mol. The molecule has 0 aromatic heterocycles. The zero-order valence-electron chi connectivity index (χ0n) is 22.5. The fraction of sp³-hybridized carbons (Fsp3) is 0.900. The highest BCUT2D eigenvalue weighted by Crippen LogP contribution is 2.76. The summed E-state index contributed by atoms with van der Waals surface area (Å²) in [6.07, 6.45) is 7.27. The molecule has 0 spiro atoms. The molecule has 0 bridgehead atoms. The lowest BCUT2D eigenvalue weighted by molar-refractivity contribution is -0.207. The molecular weight excluding hydrogens is 424 g/mol. The molecule has 4 saturated carbocycles. The number of carbonyl (C=O) groups excluding carboxylic acids is 1. The topological polar surface area (TPSA) is 77.8 Å². The maximum Gasteiger partial charge on any atom is 0.138 e. The highest BCUT2D eigenvalue weighted by Gasteiger charge is 2.72. The van der Waals surface area contributed by atoms with E-state index in [0.29, 0.717) is 30.5 Å². The van der Waals surface area contributed by atoms with Gasteiger partial charge in [0.25, 0.3) is 0 Å². The molecule has 0 heterocycles. The summed E-state index contributed by atoms with van der Waals surface area (Å²) in [6, 6.07) is 0. The molecule has 4 nitrogen and oxygen atoms in total. The summed E-state index contributed by atoms with van der Waals surface area (Å²) in [7, 11) is 0. The van der Waals surface area contributed by atoms with Crippen LogP contribution in [0.25, 0.3) is 0 Å². The van der Waals surface area contributed by atoms with Gasteiger partial charge in [0.1, 0.15) is 5.78 Å². The van der Waals surface area contributed by atoms with Crippen molar-refractivity contribution < 1.29 is 20.1 Å². The van der Waals surface area contributed by atoms with Crippen LogP contribution in [0.5, 0.6) is 0 Å². The van der Waals surface area contributed by atoms with Crippen LogP contribution in [0.2, 0.25) is 0 Å². The summed E-state index contributed by atoms with van der Waals surface area (Å²) in [5.41, 5.74) is 0.347. The minimum absolute atomic E-state index is 0.0380. The quantitative estimate of drug-likeness (QED) is 0.486. The van der Waals surface area contributed by atoms with Crippen LogP contribution < -0.4 is 0 Å². The fourth-order valence-electron chi connectivity index (χ4n) is 11.0. The number of ketones is 1. The Morgan fingerprint density at radius 3 is 2.26 bits per heavy atom. The Morgan fingerprint density at radius 2 is 1.65 bits per heavy atom. The summed E-state index contributed by atoms with van der Waals surface area (Å²) in [6.45, 7) is 15.9. The molecule has 5 rings (SSSR count). The van der Waals surface area contributed by atoms with Crippen LogP contribution in [0.1, 0.15) is 93.4 Å².